The maximum Gasteiger partial charge on any atom is 0.290 e. The molecular formula is C23H29F2N3O. The van der Waals surface area contributed by atoms with E-state index in [0.29, 0.717) is 42.2 Å². The van der Waals surface area contributed by atoms with Crippen molar-refractivity contribution in [2.75, 3.05) is 18.1 Å². The van der Waals surface area contributed by atoms with Crippen LogP contribution in [0.5, 0.6) is 5.75 Å². The zero-order valence-electron chi connectivity index (χ0n) is 17.6. The molecule has 0 amide bonds. The zero-order valence-corrected chi connectivity index (χ0v) is 17.6. The van der Waals surface area contributed by atoms with Crippen molar-refractivity contribution >= 4 is 5.95 Å². The number of nitrogens with zero attached hydrogens (tertiary/aromatic N) is 3. The second kappa shape index (κ2) is 7.54. The van der Waals surface area contributed by atoms with Crippen molar-refractivity contribution in [3.8, 4) is 17.0 Å². The minimum absolute atomic E-state index is 0.0893. The average Bonchev–Trinajstić information content (AvgIpc) is 3.02. The van der Waals surface area contributed by atoms with E-state index in [9.17, 15) is 8.78 Å². The summed E-state index contributed by atoms with van der Waals surface area (Å²) in [6, 6.07) is 6.31. The minimum Gasteiger partial charge on any atom is -0.493 e. The number of alkyl halides is 2. The van der Waals surface area contributed by atoms with Crippen molar-refractivity contribution in [2.45, 2.75) is 71.3 Å². The molecule has 2 aromatic rings. The van der Waals surface area contributed by atoms with Crippen molar-refractivity contribution in [2.24, 2.45) is 0 Å². The third-order valence-electron chi connectivity index (χ3n) is 6.23. The van der Waals surface area contributed by atoms with Crippen LogP contribution in [0.1, 0.15) is 69.7 Å². The Balaban J connectivity index is 0.000000994. The SMILES string of the molecule is CC.CC1CCOc2cc(-c3nc(N4CC[C@@H]4C)nc4c3CCC4(F)F)ccc21. The smallest absolute Gasteiger partial charge is 0.290 e. The maximum atomic E-state index is 14.5. The summed E-state index contributed by atoms with van der Waals surface area (Å²) in [5.41, 5.74) is 3.15. The van der Waals surface area contributed by atoms with Crippen LogP contribution in [0.3, 0.4) is 0 Å². The molecule has 6 heteroatoms. The van der Waals surface area contributed by atoms with Crippen LogP contribution >= 0.6 is 0 Å². The van der Waals surface area contributed by atoms with Crippen LogP contribution in [0.4, 0.5) is 14.7 Å². The molecular weight excluding hydrogens is 372 g/mol. The molecule has 0 bridgehead atoms. The molecule has 3 aliphatic rings. The summed E-state index contributed by atoms with van der Waals surface area (Å²) in [5, 5.41) is 0. The van der Waals surface area contributed by atoms with Gasteiger partial charge in [-0.2, -0.15) is 8.78 Å². The predicted molar refractivity (Wildman–Crippen MR) is 111 cm³/mol. The number of hydrogen-bond acceptors (Lipinski definition) is 4. The summed E-state index contributed by atoms with van der Waals surface area (Å²) < 4.78 is 34.8. The molecule has 1 saturated heterocycles. The first-order valence-corrected chi connectivity index (χ1v) is 10.8. The van der Waals surface area contributed by atoms with Gasteiger partial charge in [0.25, 0.3) is 5.92 Å². The van der Waals surface area contributed by atoms with Gasteiger partial charge in [-0.3, -0.25) is 0 Å². The van der Waals surface area contributed by atoms with Crippen LogP contribution in [0.25, 0.3) is 11.3 Å². The molecule has 2 aliphatic heterocycles. The van der Waals surface area contributed by atoms with Gasteiger partial charge in [0.1, 0.15) is 11.4 Å². The topological polar surface area (TPSA) is 38.2 Å². The van der Waals surface area contributed by atoms with Gasteiger partial charge in [-0.25, -0.2) is 9.97 Å². The first-order chi connectivity index (χ1) is 13.9. The van der Waals surface area contributed by atoms with Crippen LogP contribution in [0.15, 0.2) is 18.2 Å². The first kappa shape index (κ1) is 20.0. The number of halogens is 2. The molecule has 156 valence electrons. The Morgan fingerprint density at radius 2 is 1.93 bits per heavy atom. The summed E-state index contributed by atoms with van der Waals surface area (Å²) >= 11 is 0. The zero-order chi connectivity index (χ0) is 20.8. The Kier molecular flexibility index (Phi) is 5.21. The predicted octanol–water partition coefficient (Wildman–Crippen LogP) is 5.69. The first-order valence-electron chi connectivity index (χ1n) is 10.8. The largest absolute Gasteiger partial charge is 0.493 e. The summed E-state index contributed by atoms with van der Waals surface area (Å²) in [7, 11) is 0. The van der Waals surface area contributed by atoms with Gasteiger partial charge in [-0.15, -0.1) is 0 Å². The van der Waals surface area contributed by atoms with E-state index in [1.807, 2.05) is 30.9 Å². The van der Waals surface area contributed by atoms with Crippen LogP contribution in [0.2, 0.25) is 0 Å². The van der Waals surface area contributed by atoms with E-state index in [1.54, 1.807) is 0 Å². The van der Waals surface area contributed by atoms with Gasteiger partial charge in [-0.05, 0) is 43.7 Å². The lowest BCUT2D eigenvalue weighted by Gasteiger charge is -2.39. The lowest BCUT2D eigenvalue weighted by atomic mass is 9.93. The highest BCUT2D eigenvalue weighted by molar-refractivity contribution is 5.69. The van der Waals surface area contributed by atoms with E-state index in [-0.39, 0.29) is 12.1 Å². The minimum atomic E-state index is -2.88. The quantitative estimate of drug-likeness (QED) is 0.648. The molecule has 1 aromatic heterocycles. The van der Waals surface area contributed by atoms with Gasteiger partial charge in [0, 0.05) is 30.1 Å². The third-order valence-corrected chi connectivity index (χ3v) is 6.23. The second-order valence-corrected chi connectivity index (χ2v) is 8.03. The lowest BCUT2D eigenvalue weighted by molar-refractivity contribution is -0.00595. The monoisotopic (exact) mass is 401 g/mol. The molecule has 0 spiro atoms. The fourth-order valence-electron chi connectivity index (χ4n) is 4.31. The molecule has 0 N–H and O–H groups in total. The standard InChI is InChI=1S/C21H23F2N3O.C2H6/c1-12-7-10-27-17-11-14(3-4-15(12)17)18-16-5-8-21(22,23)19(16)25-20(24-18)26-9-6-13(26)2;1-2/h3-4,11-13H,5-10H2,1-2H3;1-2H3/t12?,13-;/m0./s1. The Morgan fingerprint density at radius 3 is 2.62 bits per heavy atom. The number of rotatable bonds is 2. The Bertz CT molecular complexity index is 915. The Labute approximate surface area is 171 Å². The molecule has 1 aliphatic carbocycles. The normalized spacial score (nSPS) is 23.9. The van der Waals surface area contributed by atoms with Crippen molar-refractivity contribution in [1.29, 1.82) is 0 Å². The molecule has 3 heterocycles. The van der Waals surface area contributed by atoms with Gasteiger partial charge < -0.3 is 9.64 Å². The fraction of sp³-hybridized carbons (Fsp3) is 0.565. The number of ether oxygens (including phenoxy) is 1. The van der Waals surface area contributed by atoms with Crippen molar-refractivity contribution in [3.05, 3.63) is 35.0 Å². The van der Waals surface area contributed by atoms with Gasteiger partial charge >= 0.3 is 0 Å². The van der Waals surface area contributed by atoms with E-state index in [2.05, 4.69) is 24.9 Å². The molecule has 0 radical (unpaired) electrons. The molecule has 1 aromatic carbocycles. The molecule has 1 unspecified atom stereocenters. The second-order valence-electron chi connectivity index (χ2n) is 8.03. The molecule has 1 fully saturated rings. The van der Waals surface area contributed by atoms with Gasteiger partial charge in [0.05, 0.1) is 12.3 Å². The Morgan fingerprint density at radius 1 is 1.14 bits per heavy atom. The Hall–Kier alpha value is -2.24. The highest BCUT2D eigenvalue weighted by atomic mass is 19.3. The summed E-state index contributed by atoms with van der Waals surface area (Å²) in [6.07, 6.45) is 2.15. The van der Waals surface area contributed by atoms with E-state index in [4.69, 9.17) is 9.72 Å². The highest BCUT2D eigenvalue weighted by Crippen LogP contribution is 2.46. The van der Waals surface area contributed by atoms with Crippen molar-refractivity contribution in [1.82, 2.24) is 9.97 Å². The summed E-state index contributed by atoms with van der Waals surface area (Å²) in [5.74, 6) is -1.16. The van der Waals surface area contributed by atoms with E-state index >= 15 is 0 Å². The van der Waals surface area contributed by atoms with Crippen LogP contribution in [-0.2, 0) is 12.3 Å². The average molecular weight is 402 g/mol. The number of anilines is 1. The van der Waals surface area contributed by atoms with E-state index in [0.717, 1.165) is 30.7 Å². The number of fused-ring (bicyclic) bond motifs is 2. The van der Waals surface area contributed by atoms with E-state index < -0.39 is 5.92 Å². The molecule has 4 nitrogen and oxygen atoms in total. The number of benzene rings is 1. The van der Waals surface area contributed by atoms with E-state index in [1.165, 1.54) is 5.56 Å². The summed E-state index contributed by atoms with van der Waals surface area (Å²) in [6.45, 7) is 9.77. The number of hydrogen-bond donors (Lipinski definition) is 0. The van der Waals surface area contributed by atoms with Gasteiger partial charge in [0.15, 0.2) is 0 Å². The van der Waals surface area contributed by atoms with Crippen molar-refractivity contribution in [3.63, 3.8) is 0 Å². The van der Waals surface area contributed by atoms with Crippen molar-refractivity contribution < 1.29 is 13.5 Å². The maximum absolute atomic E-state index is 14.5. The lowest BCUT2D eigenvalue weighted by Crippen LogP contribution is -2.47. The highest BCUT2D eigenvalue weighted by Gasteiger charge is 2.44. The molecule has 2 atom stereocenters. The molecule has 5 rings (SSSR count). The van der Waals surface area contributed by atoms with Gasteiger partial charge in [-0.1, -0.05) is 32.9 Å². The fourth-order valence-corrected chi connectivity index (χ4v) is 4.31. The number of aromatic nitrogens is 2. The van der Waals surface area contributed by atoms with Crippen LogP contribution in [0, 0.1) is 0 Å². The van der Waals surface area contributed by atoms with Gasteiger partial charge in [0.2, 0.25) is 5.95 Å². The molecule has 29 heavy (non-hydrogen) atoms. The molecule has 0 saturated carbocycles. The van der Waals surface area contributed by atoms with Crippen LogP contribution < -0.4 is 9.64 Å². The van der Waals surface area contributed by atoms with Crippen LogP contribution in [-0.4, -0.2) is 29.2 Å². The summed E-state index contributed by atoms with van der Waals surface area (Å²) in [4.78, 5) is 11.1. The third kappa shape index (κ3) is 3.36.